The van der Waals surface area contributed by atoms with Crippen LogP contribution in [0.2, 0.25) is 0 Å². The molecule has 9 heteroatoms. The average molecular weight is 257 g/mol. The molecule has 2 rings (SSSR count). The lowest BCUT2D eigenvalue weighted by molar-refractivity contribution is -0.136. The Morgan fingerprint density at radius 2 is 2.33 bits per heavy atom. The highest BCUT2D eigenvalue weighted by Gasteiger charge is 2.49. The normalized spacial score (nSPS) is 33.1. The fraction of sp³-hybridized carbons (Fsp3) is 0.667. The molecule has 7 N–H and O–H groups in total. The molecule has 3 atom stereocenters. The van der Waals surface area contributed by atoms with E-state index in [0.29, 0.717) is 0 Å². The predicted molar refractivity (Wildman–Crippen MR) is 61.7 cm³/mol. The maximum Gasteiger partial charge on any atom is 0.282 e. The molecule has 18 heavy (non-hydrogen) atoms. The van der Waals surface area contributed by atoms with Gasteiger partial charge in [-0.15, -0.1) is 0 Å². The number of carbonyl (C=O) groups excluding carboxylic acids is 1. The van der Waals surface area contributed by atoms with Crippen molar-refractivity contribution in [3.63, 3.8) is 0 Å². The number of aliphatic hydroxyl groups excluding tert-OH is 2. The number of fused-ring (bicyclic) bond motifs is 1. The highest BCUT2D eigenvalue weighted by atomic mass is 16.3. The maximum absolute atomic E-state index is 11.7. The lowest BCUT2D eigenvalue weighted by Gasteiger charge is -2.38. The molecule has 0 saturated carbocycles. The van der Waals surface area contributed by atoms with Crippen LogP contribution in [0.15, 0.2) is 9.98 Å². The smallest absolute Gasteiger partial charge is 0.282 e. The van der Waals surface area contributed by atoms with E-state index in [9.17, 15) is 15.0 Å². The maximum atomic E-state index is 11.7. The average Bonchev–Trinajstić information content (AvgIpc) is 2.30. The second-order valence-electron chi connectivity index (χ2n) is 4.16. The number of aliphatic hydroxyl groups is 3. The van der Waals surface area contributed by atoms with E-state index in [2.05, 4.69) is 20.6 Å². The van der Waals surface area contributed by atoms with Gasteiger partial charge in [0.25, 0.3) is 11.6 Å². The topological polar surface area (TPSA) is 153 Å². The zero-order chi connectivity index (χ0) is 13.3. The number of aliphatic imine (C=N–C) groups is 2. The van der Waals surface area contributed by atoms with E-state index in [0.717, 1.165) is 0 Å². The third kappa shape index (κ3) is 2.08. The molecule has 0 radical (unpaired) electrons. The van der Waals surface area contributed by atoms with Gasteiger partial charge in [0.05, 0.1) is 18.7 Å². The lowest BCUT2D eigenvalue weighted by atomic mass is 10.0. The summed E-state index contributed by atoms with van der Waals surface area (Å²) in [5.41, 5.74) is 3.25. The standard InChI is InChI=1S/C9H15N5O4/c10-8-12-6-9(18,7(17)13-8)14-4(3-11-6)5(16)1-2-15/h4-5,14-16,18H,1-3H2,(H3,10,11,12,13,17)/t4?,5-,9?/m1/s1. The second kappa shape index (κ2) is 4.61. The largest absolute Gasteiger partial charge is 0.396 e. The Bertz CT molecular complexity index is 423. The van der Waals surface area contributed by atoms with Crippen molar-refractivity contribution in [3.8, 4) is 0 Å². The SMILES string of the molecule is NC1=NC2=NCC([C@H](O)CCO)NC2(O)C(=O)N1. The van der Waals surface area contributed by atoms with E-state index in [4.69, 9.17) is 10.8 Å². The first-order chi connectivity index (χ1) is 8.47. The van der Waals surface area contributed by atoms with Gasteiger partial charge >= 0.3 is 0 Å². The molecular weight excluding hydrogens is 242 g/mol. The summed E-state index contributed by atoms with van der Waals surface area (Å²) in [6.07, 6.45) is -0.814. The van der Waals surface area contributed by atoms with Gasteiger partial charge in [0, 0.05) is 6.61 Å². The van der Waals surface area contributed by atoms with Crippen molar-refractivity contribution in [1.29, 1.82) is 0 Å². The fourth-order valence-electron chi connectivity index (χ4n) is 1.86. The Morgan fingerprint density at radius 3 is 3.00 bits per heavy atom. The van der Waals surface area contributed by atoms with Crippen LogP contribution in [0.5, 0.6) is 0 Å². The summed E-state index contributed by atoms with van der Waals surface area (Å²) in [6, 6.07) is -0.647. The molecule has 0 fully saturated rings. The van der Waals surface area contributed by atoms with Gasteiger partial charge in [-0.05, 0) is 6.42 Å². The number of hydrogen-bond donors (Lipinski definition) is 6. The van der Waals surface area contributed by atoms with Gasteiger partial charge in [-0.2, -0.15) is 4.99 Å². The number of nitrogens with two attached hydrogens (primary N) is 1. The Morgan fingerprint density at radius 1 is 1.61 bits per heavy atom. The van der Waals surface area contributed by atoms with Crippen molar-refractivity contribution < 1.29 is 20.1 Å². The molecule has 100 valence electrons. The molecule has 1 amide bonds. The van der Waals surface area contributed by atoms with Crippen molar-refractivity contribution in [1.82, 2.24) is 10.6 Å². The summed E-state index contributed by atoms with van der Waals surface area (Å²) in [6.45, 7) is -0.0749. The number of amides is 1. The number of amidine groups is 1. The number of nitrogens with one attached hydrogen (secondary N) is 2. The van der Waals surface area contributed by atoms with Gasteiger partial charge in [-0.25, -0.2) is 0 Å². The molecule has 0 aliphatic carbocycles. The van der Waals surface area contributed by atoms with Crippen LogP contribution in [0.4, 0.5) is 0 Å². The minimum atomic E-state index is -2.10. The Labute approximate surface area is 102 Å². The Hall–Kier alpha value is -1.55. The third-order valence-electron chi connectivity index (χ3n) is 2.84. The summed E-state index contributed by atoms with van der Waals surface area (Å²) in [5.74, 6) is -1.06. The van der Waals surface area contributed by atoms with Crippen LogP contribution in [-0.2, 0) is 4.79 Å². The molecule has 0 spiro atoms. The fourth-order valence-corrected chi connectivity index (χ4v) is 1.86. The van der Waals surface area contributed by atoms with Crippen molar-refractivity contribution >= 4 is 17.7 Å². The van der Waals surface area contributed by atoms with Crippen molar-refractivity contribution in [3.05, 3.63) is 0 Å². The predicted octanol–water partition coefficient (Wildman–Crippen LogP) is -3.77. The van der Waals surface area contributed by atoms with Crippen LogP contribution < -0.4 is 16.4 Å². The van der Waals surface area contributed by atoms with Gasteiger partial charge in [-0.1, -0.05) is 0 Å². The summed E-state index contributed by atoms with van der Waals surface area (Å²) in [4.78, 5) is 19.4. The van der Waals surface area contributed by atoms with E-state index in [1.54, 1.807) is 0 Å². The highest BCUT2D eigenvalue weighted by Crippen LogP contribution is 2.17. The minimum Gasteiger partial charge on any atom is -0.396 e. The van der Waals surface area contributed by atoms with Gasteiger partial charge in [0.2, 0.25) is 5.96 Å². The summed E-state index contributed by atoms with van der Waals surface area (Å²) in [7, 11) is 0. The first-order valence-corrected chi connectivity index (χ1v) is 5.47. The minimum absolute atomic E-state index is 0.117. The van der Waals surface area contributed by atoms with Crippen LogP contribution >= 0.6 is 0 Å². The Balaban J connectivity index is 2.23. The van der Waals surface area contributed by atoms with Gasteiger partial charge in [0.1, 0.15) is 0 Å². The second-order valence-corrected chi connectivity index (χ2v) is 4.16. The van der Waals surface area contributed by atoms with E-state index in [1.807, 2.05) is 0 Å². The van der Waals surface area contributed by atoms with Crippen LogP contribution in [0.3, 0.4) is 0 Å². The van der Waals surface area contributed by atoms with Gasteiger partial charge in [-0.3, -0.25) is 20.4 Å². The zero-order valence-electron chi connectivity index (χ0n) is 9.50. The molecule has 0 aromatic heterocycles. The van der Waals surface area contributed by atoms with Crippen LogP contribution in [-0.4, -0.2) is 64.0 Å². The third-order valence-corrected chi connectivity index (χ3v) is 2.84. The van der Waals surface area contributed by atoms with Crippen molar-refractivity contribution in [2.45, 2.75) is 24.3 Å². The van der Waals surface area contributed by atoms with Crippen molar-refractivity contribution in [2.75, 3.05) is 13.2 Å². The van der Waals surface area contributed by atoms with Crippen LogP contribution in [0.1, 0.15) is 6.42 Å². The molecule has 2 unspecified atom stereocenters. The van der Waals surface area contributed by atoms with E-state index < -0.39 is 23.8 Å². The molecule has 2 aliphatic rings. The molecule has 0 aromatic carbocycles. The van der Waals surface area contributed by atoms with E-state index in [1.165, 1.54) is 0 Å². The van der Waals surface area contributed by atoms with Crippen LogP contribution in [0.25, 0.3) is 0 Å². The van der Waals surface area contributed by atoms with Crippen LogP contribution in [0, 0.1) is 0 Å². The molecular formula is C9H15N5O4. The number of carbonyl (C=O) groups is 1. The summed E-state index contributed by atoms with van der Waals surface area (Å²) < 4.78 is 0. The molecule has 0 aromatic rings. The molecule has 2 aliphatic heterocycles. The molecule has 2 heterocycles. The highest BCUT2D eigenvalue weighted by molar-refractivity contribution is 6.21. The van der Waals surface area contributed by atoms with Gasteiger partial charge < -0.3 is 21.1 Å². The zero-order valence-corrected chi connectivity index (χ0v) is 9.50. The first-order valence-electron chi connectivity index (χ1n) is 5.47. The van der Waals surface area contributed by atoms with Crippen molar-refractivity contribution in [2.24, 2.45) is 15.7 Å². The molecule has 0 saturated heterocycles. The summed E-state index contributed by atoms with van der Waals surface area (Å²) >= 11 is 0. The van der Waals surface area contributed by atoms with Gasteiger partial charge in [0.15, 0.2) is 5.84 Å². The molecule has 9 nitrogen and oxygen atoms in total. The Kier molecular flexibility index (Phi) is 3.30. The number of nitrogens with zero attached hydrogens (tertiary/aromatic N) is 2. The lowest BCUT2D eigenvalue weighted by Crippen LogP contribution is -2.72. The number of guanidine groups is 1. The first kappa shape index (κ1) is 12.9. The number of rotatable bonds is 3. The number of hydrogen-bond acceptors (Lipinski definition) is 8. The molecule has 0 bridgehead atoms. The summed E-state index contributed by atoms with van der Waals surface area (Å²) in [5, 5.41) is 33.4. The van der Waals surface area contributed by atoms with E-state index >= 15 is 0 Å². The monoisotopic (exact) mass is 257 g/mol. The van der Waals surface area contributed by atoms with E-state index in [-0.39, 0.29) is 31.4 Å². The quantitative estimate of drug-likeness (QED) is 0.305.